The predicted octanol–water partition coefficient (Wildman–Crippen LogP) is 2.29. The first-order valence-corrected chi connectivity index (χ1v) is 8.23. The Morgan fingerprint density at radius 2 is 2.12 bits per heavy atom. The molecule has 0 radical (unpaired) electrons. The van der Waals surface area contributed by atoms with Gasteiger partial charge in [0.05, 0.1) is 16.8 Å². The van der Waals surface area contributed by atoms with Gasteiger partial charge in [0.2, 0.25) is 0 Å². The van der Waals surface area contributed by atoms with Gasteiger partial charge in [-0.05, 0) is 19.1 Å². The Morgan fingerprint density at radius 1 is 1.28 bits per heavy atom. The van der Waals surface area contributed by atoms with Crippen molar-refractivity contribution in [3.63, 3.8) is 0 Å². The first-order valence-electron chi connectivity index (χ1n) is 7.41. The predicted molar refractivity (Wildman–Crippen MR) is 90.1 cm³/mol. The number of benzene rings is 1. The minimum atomic E-state index is -0.632. The van der Waals surface area contributed by atoms with E-state index in [1.807, 2.05) is 24.3 Å². The smallest absolute Gasteiger partial charge is 0.332 e. The molecule has 25 heavy (non-hydrogen) atoms. The second kappa shape index (κ2) is 7.86. The Labute approximate surface area is 146 Å². The molecule has 0 saturated heterocycles. The number of hydrogen-bond donors (Lipinski definition) is 1. The van der Waals surface area contributed by atoms with Crippen LogP contribution in [0.4, 0.5) is 5.82 Å². The van der Waals surface area contributed by atoms with Crippen LogP contribution in [0.2, 0.25) is 0 Å². The number of hydrogen-bond acceptors (Lipinski definition) is 8. The van der Waals surface area contributed by atoms with Crippen LogP contribution in [0.15, 0.2) is 34.9 Å². The maximum atomic E-state index is 11.6. The van der Waals surface area contributed by atoms with Gasteiger partial charge in [-0.25, -0.2) is 9.78 Å². The molecule has 1 aromatic carbocycles. The van der Waals surface area contributed by atoms with Crippen LogP contribution in [0.5, 0.6) is 0 Å². The largest absolute Gasteiger partial charge is 0.454 e. The van der Waals surface area contributed by atoms with E-state index in [9.17, 15) is 9.59 Å². The van der Waals surface area contributed by atoms with Gasteiger partial charge in [-0.3, -0.25) is 4.79 Å². The van der Waals surface area contributed by atoms with E-state index in [4.69, 9.17) is 14.0 Å². The number of carbonyl (C=O) groups excluding carboxylic acids is 2. The van der Waals surface area contributed by atoms with E-state index in [1.54, 1.807) is 13.0 Å². The van der Waals surface area contributed by atoms with Gasteiger partial charge >= 0.3 is 5.97 Å². The molecule has 3 aromatic rings. The third-order valence-corrected chi connectivity index (χ3v) is 4.05. The van der Waals surface area contributed by atoms with Crippen molar-refractivity contribution in [2.45, 2.75) is 13.5 Å². The second-order valence-electron chi connectivity index (χ2n) is 5.10. The summed E-state index contributed by atoms with van der Waals surface area (Å²) in [6.45, 7) is 1.23. The minimum Gasteiger partial charge on any atom is -0.454 e. The Bertz CT molecular complexity index is 856. The van der Waals surface area contributed by atoms with Gasteiger partial charge in [0.15, 0.2) is 12.4 Å². The fourth-order valence-electron chi connectivity index (χ4n) is 2.00. The number of carbonyl (C=O) groups is 2. The van der Waals surface area contributed by atoms with Crippen molar-refractivity contribution in [3.05, 3.63) is 41.1 Å². The Balaban J connectivity index is 1.37. The highest BCUT2D eigenvalue weighted by Crippen LogP contribution is 2.21. The first-order chi connectivity index (χ1) is 12.1. The number of ether oxygens (including phenoxy) is 2. The van der Waals surface area contributed by atoms with Crippen LogP contribution in [0.25, 0.3) is 10.2 Å². The maximum absolute atomic E-state index is 11.6. The van der Waals surface area contributed by atoms with E-state index in [-0.39, 0.29) is 19.0 Å². The van der Waals surface area contributed by atoms with Crippen molar-refractivity contribution in [3.8, 4) is 0 Å². The summed E-state index contributed by atoms with van der Waals surface area (Å²) in [6, 6.07) is 9.29. The van der Waals surface area contributed by atoms with E-state index in [2.05, 4.69) is 15.5 Å². The van der Waals surface area contributed by atoms with Crippen LogP contribution in [0.3, 0.4) is 0 Å². The molecule has 1 amide bonds. The summed E-state index contributed by atoms with van der Waals surface area (Å²) in [7, 11) is 0. The van der Waals surface area contributed by atoms with Gasteiger partial charge in [-0.15, -0.1) is 11.3 Å². The normalized spacial score (nSPS) is 10.8. The van der Waals surface area contributed by atoms with Crippen molar-refractivity contribution >= 4 is 39.2 Å². The lowest BCUT2D eigenvalue weighted by molar-refractivity contribution is -0.152. The number of nitrogens with zero attached hydrogens (tertiary/aromatic N) is 2. The van der Waals surface area contributed by atoms with Crippen LogP contribution in [-0.2, 0) is 25.7 Å². The fourth-order valence-corrected chi connectivity index (χ4v) is 2.90. The molecular weight excluding hydrogens is 346 g/mol. The molecule has 2 aromatic heterocycles. The quantitative estimate of drug-likeness (QED) is 0.644. The number of nitrogens with one attached hydrogen (secondary N) is 1. The molecule has 0 fully saturated rings. The zero-order chi connectivity index (χ0) is 17.6. The van der Waals surface area contributed by atoms with Crippen LogP contribution >= 0.6 is 11.3 Å². The van der Waals surface area contributed by atoms with E-state index in [0.29, 0.717) is 5.76 Å². The molecule has 0 unspecified atom stereocenters. The Morgan fingerprint density at radius 3 is 2.88 bits per heavy atom. The summed E-state index contributed by atoms with van der Waals surface area (Å²) in [5.74, 6) is -0.304. The summed E-state index contributed by atoms with van der Waals surface area (Å²) >= 11 is 1.50. The lowest BCUT2D eigenvalue weighted by Gasteiger charge is -2.04. The average Bonchev–Trinajstić information content (AvgIpc) is 3.18. The molecule has 0 atom stereocenters. The number of para-hydroxylation sites is 1. The number of aryl methyl sites for hydroxylation is 1. The van der Waals surface area contributed by atoms with Crippen LogP contribution in [0.1, 0.15) is 10.8 Å². The van der Waals surface area contributed by atoms with Gasteiger partial charge < -0.3 is 19.3 Å². The minimum absolute atomic E-state index is 0.207. The molecule has 0 aliphatic rings. The average molecular weight is 361 g/mol. The number of thiazole rings is 1. The zero-order valence-electron chi connectivity index (χ0n) is 13.4. The molecule has 2 heterocycles. The van der Waals surface area contributed by atoms with Gasteiger partial charge in [0, 0.05) is 6.07 Å². The number of aromatic nitrogens is 2. The number of rotatable bonds is 7. The molecule has 9 heteroatoms. The first kappa shape index (κ1) is 17.1. The van der Waals surface area contributed by atoms with Gasteiger partial charge in [0.25, 0.3) is 5.91 Å². The molecular formula is C16H15N3O5S. The van der Waals surface area contributed by atoms with Crippen molar-refractivity contribution in [2.75, 3.05) is 18.5 Å². The highest BCUT2D eigenvalue weighted by molar-refractivity contribution is 7.18. The van der Waals surface area contributed by atoms with E-state index >= 15 is 0 Å². The summed E-state index contributed by atoms with van der Waals surface area (Å²) < 4.78 is 16.0. The molecule has 1 N–H and O–H groups in total. The molecule has 130 valence electrons. The fraction of sp³-hybridized carbons (Fsp3) is 0.250. The summed E-state index contributed by atoms with van der Waals surface area (Å²) in [6.07, 6.45) is 0. The van der Waals surface area contributed by atoms with Crippen molar-refractivity contribution in [1.29, 1.82) is 0 Å². The van der Waals surface area contributed by atoms with Crippen LogP contribution < -0.4 is 5.32 Å². The maximum Gasteiger partial charge on any atom is 0.332 e. The van der Waals surface area contributed by atoms with Gasteiger partial charge in [-0.2, -0.15) is 0 Å². The number of anilines is 1. The third-order valence-electron chi connectivity index (χ3n) is 3.04. The molecule has 0 spiro atoms. The van der Waals surface area contributed by atoms with Crippen molar-refractivity contribution in [2.24, 2.45) is 0 Å². The summed E-state index contributed by atoms with van der Waals surface area (Å²) in [4.78, 5) is 27.6. The number of amides is 1. The zero-order valence-corrected chi connectivity index (χ0v) is 14.2. The van der Waals surface area contributed by atoms with Crippen molar-refractivity contribution < 1.29 is 23.6 Å². The van der Waals surface area contributed by atoms with Crippen LogP contribution in [-0.4, -0.2) is 35.2 Å². The van der Waals surface area contributed by atoms with Crippen molar-refractivity contribution in [1.82, 2.24) is 10.1 Å². The SMILES string of the molecule is Cc1cc(NC(=O)COC(=O)COCc2nc3ccccc3s2)no1. The highest BCUT2D eigenvalue weighted by atomic mass is 32.1. The van der Waals surface area contributed by atoms with E-state index in [0.717, 1.165) is 15.2 Å². The van der Waals surface area contributed by atoms with Crippen LogP contribution in [0, 0.1) is 6.92 Å². The number of fused-ring (bicyclic) bond motifs is 1. The molecule has 3 rings (SSSR count). The molecule has 0 bridgehead atoms. The summed E-state index contributed by atoms with van der Waals surface area (Å²) in [5, 5.41) is 6.82. The standard InChI is InChI=1S/C16H15N3O5S/c1-10-6-13(19-24-10)18-14(20)7-23-16(21)9-22-8-15-17-11-4-2-3-5-12(11)25-15/h2-6H,7-9H2,1H3,(H,18,19,20). The monoisotopic (exact) mass is 361 g/mol. The van der Waals surface area contributed by atoms with E-state index < -0.39 is 18.5 Å². The highest BCUT2D eigenvalue weighted by Gasteiger charge is 2.11. The topological polar surface area (TPSA) is 104 Å². The molecule has 8 nitrogen and oxygen atoms in total. The lowest BCUT2D eigenvalue weighted by Crippen LogP contribution is -2.23. The lowest BCUT2D eigenvalue weighted by atomic mass is 10.3. The second-order valence-corrected chi connectivity index (χ2v) is 6.21. The molecule has 0 aliphatic carbocycles. The Hall–Kier alpha value is -2.78. The van der Waals surface area contributed by atoms with E-state index in [1.165, 1.54) is 11.3 Å². The molecule has 0 saturated carbocycles. The molecule has 0 aliphatic heterocycles. The Kier molecular flexibility index (Phi) is 5.36. The summed E-state index contributed by atoms with van der Waals surface area (Å²) in [5.41, 5.74) is 0.897. The number of esters is 1. The third kappa shape index (κ3) is 4.85. The van der Waals surface area contributed by atoms with Gasteiger partial charge in [-0.1, -0.05) is 17.3 Å². The van der Waals surface area contributed by atoms with Gasteiger partial charge in [0.1, 0.15) is 17.4 Å².